The summed E-state index contributed by atoms with van der Waals surface area (Å²) in [4.78, 5) is 2.35. The standard InChI is InChI=1S/C16H24F2N2/c1-2-12-4-3-8-20(9-7-12)11-16(19)13-5-6-14(17)15(18)10-13/h5-6,10,12,16H,2-4,7-9,11,19H2,1H3. The summed E-state index contributed by atoms with van der Waals surface area (Å²) in [6.07, 6.45) is 4.93. The van der Waals surface area contributed by atoms with E-state index in [1.807, 2.05) is 0 Å². The SMILES string of the molecule is CCC1CCCN(CC(N)c2ccc(F)c(F)c2)CC1. The van der Waals surface area contributed by atoms with E-state index in [2.05, 4.69) is 11.8 Å². The molecule has 0 aromatic heterocycles. The molecule has 1 aliphatic rings. The van der Waals surface area contributed by atoms with Gasteiger partial charge in [0.15, 0.2) is 11.6 Å². The molecule has 0 aliphatic carbocycles. The molecular formula is C16H24F2N2. The van der Waals surface area contributed by atoms with E-state index in [0.717, 1.165) is 25.1 Å². The molecular weight excluding hydrogens is 258 g/mol. The van der Waals surface area contributed by atoms with E-state index >= 15 is 0 Å². The number of hydrogen-bond donors (Lipinski definition) is 1. The Bertz CT molecular complexity index is 436. The summed E-state index contributed by atoms with van der Waals surface area (Å²) in [6.45, 7) is 5.05. The van der Waals surface area contributed by atoms with E-state index in [9.17, 15) is 8.78 Å². The van der Waals surface area contributed by atoms with Crippen LogP contribution in [0.4, 0.5) is 8.78 Å². The van der Waals surface area contributed by atoms with Gasteiger partial charge in [0.25, 0.3) is 0 Å². The van der Waals surface area contributed by atoms with Crippen LogP contribution in [0, 0.1) is 17.6 Å². The van der Waals surface area contributed by atoms with Crippen LogP contribution in [0.2, 0.25) is 0 Å². The fourth-order valence-corrected chi connectivity index (χ4v) is 2.94. The molecule has 20 heavy (non-hydrogen) atoms. The van der Waals surface area contributed by atoms with E-state index in [-0.39, 0.29) is 6.04 Å². The normalized spacial score (nSPS) is 22.5. The maximum Gasteiger partial charge on any atom is 0.159 e. The van der Waals surface area contributed by atoms with Crippen LogP contribution in [-0.2, 0) is 0 Å². The van der Waals surface area contributed by atoms with Crippen LogP contribution >= 0.6 is 0 Å². The van der Waals surface area contributed by atoms with Crippen molar-refractivity contribution in [3.05, 3.63) is 35.4 Å². The van der Waals surface area contributed by atoms with Crippen molar-refractivity contribution in [3.63, 3.8) is 0 Å². The van der Waals surface area contributed by atoms with Crippen molar-refractivity contribution >= 4 is 0 Å². The number of rotatable bonds is 4. The maximum absolute atomic E-state index is 13.2. The molecule has 2 unspecified atom stereocenters. The van der Waals surface area contributed by atoms with Gasteiger partial charge in [0, 0.05) is 12.6 Å². The Labute approximate surface area is 120 Å². The lowest BCUT2D eigenvalue weighted by Crippen LogP contribution is -2.33. The van der Waals surface area contributed by atoms with Crippen LogP contribution in [-0.4, -0.2) is 24.5 Å². The monoisotopic (exact) mass is 282 g/mol. The van der Waals surface area contributed by atoms with Gasteiger partial charge in [-0.1, -0.05) is 19.4 Å². The third-order valence-electron chi connectivity index (χ3n) is 4.34. The molecule has 1 heterocycles. The van der Waals surface area contributed by atoms with E-state index < -0.39 is 11.6 Å². The lowest BCUT2D eigenvalue weighted by molar-refractivity contribution is 0.263. The van der Waals surface area contributed by atoms with Gasteiger partial charge in [-0.15, -0.1) is 0 Å². The molecule has 2 N–H and O–H groups in total. The van der Waals surface area contributed by atoms with Crippen LogP contribution in [0.15, 0.2) is 18.2 Å². The van der Waals surface area contributed by atoms with E-state index in [1.54, 1.807) is 6.07 Å². The molecule has 0 radical (unpaired) electrons. The van der Waals surface area contributed by atoms with E-state index in [0.29, 0.717) is 12.1 Å². The minimum Gasteiger partial charge on any atom is -0.323 e. The highest BCUT2D eigenvalue weighted by molar-refractivity contribution is 5.21. The van der Waals surface area contributed by atoms with Gasteiger partial charge in [0.05, 0.1) is 0 Å². The fourth-order valence-electron chi connectivity index (χ4n) is 2.94. The lowest BCUT2D eigenvalue weighted by atomic mass is 9.98. The molecule has 112 valence electrons. The number of nitrogens with zero attached hydrogens (tertiary/aromatic N) is 1. The second-order valence-electron chi connectivity index (χ2n) is 5.79. The third kappa shape index (κ3) is 4.00. The van der Waals surface area contributed by atoms with Gasteiger partial charge >= 0.3 is 0 Å². The van der Waals surface area contributed by atoms with E-state index in [1.165, 1.54) is 31.7 Å². The van der Waals surface area contributed by atoms with Gasteiger partial charge in [-0.3, -0.25) is 0 Å². The molecule has 1 aliphatic heterocycles. The second-order valence-corrected chi connectivity index (χ2v) is 5.79. The molecule has 2 rings (SSSR count). The Morgan fingerprint density at radius 2 is 2.05 bits per heavy atom. The van der Waals surface area contributed by atoms with E-state index in [4.69, 9.17) is 5.73 Å². The molecule has 1 fully saturated rings. The van der Waals surface area contributed by atoms with Crippen LogP contribution < -0.4 is 5.73 Å². The largest absolute Gasteiger partial charge is 0.323 e. The summed E-state index contributed by atoms with van der Waals surface area (Å²) in [6, 6.07) is 3.69. The summed E-state index contributed by atoms with van der Waals surface area (Å²) in [5, 5.41) is 0. The summed E-state index contributed by atoms with van der Waals surface area (Å²) in [7, 11) is 0. The molecule has 0 saturated carbocycles. The molecule has 0 spiro atoms. The quantitative estimate of drug-likeness (QED) is 0.916. The van der Waals surface area contributed by atoms with Gasteiger partial charge in [0.2, 0.25) is 0 Å². The second kappa shape index (κ2) is 7.14. The minimum absolute atomic E-state index is 0.261. The Kier molecular flexibility index (Phi) is 5.49. The van der Waals surface area contributed by atoms with Crippen molar-refractivity contribution in [2.45, 2.75) is 38.6 Å². The van der Waals surface area contributed by atoms with Crippen molar-refractivity contribution in [3.8, 4) is 0 Å². The first-order valence-electron chi connectivity index (χ1n) is 7.53. The van der Waals surface area contributed by atoms with Gasteiger partial charge in [-0.2, -0.15) is 0 Å². The summed E-state index contributed by atoms with van der Waals surface area (Å²) in [5.74, 6) is -0.819. The van der Waals surface area contributed by atoms with Crippen molar-refractivity contribution < 1.29 is 8.78 Å². The van der Waals surface area contributed by atoms with Gasteiger partial charge in [-0.25, -0.2) is 8.78 Å². The van der Waals surface area contributed by atoms with Gasteiger partial charge in [-0.05, 0) is 56.0 Å². The van der Waals surface area contributed by atoms with Crippen molar-refractivity contribution in [2.75, 3.05) is 19.6 Å². The topological polar surface area (TPSA) is 29.3 Å². The highest BCUT2D eigenvalue weighted by atomic mass is 19.2. The highest BCUT2D eigenvalue weighted by Gasteiger charge is 2.18. The Hall–Kier alpha value is -1.00. The average Bonchev–Trinajstić information content (AvgIpc) is 2.67. The van der Waals surface area contributed by atoms with Gasteiger partial charge < -0.3 is 10.6 Å². The van der Waals surface area contributed by atoms with Crippen LogP contribution in [0.1, 0.15) is 44.2 Å². The average molecular weight is 282 g/mol. The molecule has 2 nitrogen and oxygen atoms in total. The van der Waals surface area contributed by atoms with Gasteiger partial charge in [0.1, 0.15) is 0 Å². The molecule has 1 saturated heterocycles. The number of hydrogen-bond acceptors (Lipinski definition) is 2. The molecule has 4 heteroatoms. The first-order chi connectivity index (χ1) is 9.60. The van der Waals surface area contributed by atoms with Crippen molar-refractivity contribution in [2.24, 2.45) is 11.7 Å². The summed E-state index contributed by atoms with van der Waals surface area (Å²) < 4.78 is 26.2. The molecule has 1 aromatic carbocycles. The third-order valence-corrected chi connectivity index (χ3v) is 4.34. The summed E-state index contributed by atoms with van der Waals surface area (Å²) in [5.41, 5.74) is 6.80. The predicted octanol–water partition coefficient (Wildman–Crippen LogP) is 3.48. The van der Waals surface area contributed by atoms with Crippen LogP contribution in [0.25, 0.3) is 0 Å². The zero-order valence-corrected chi connectivity index (χ0v) is 12.1. The zero-order valence-electron chi connectivity index (χ0n) is 12.1. The van der Waals surface area contributed by atoms with Crippen molar-refractivity contribution in [1.82, 2.24) is 4.90 Å². The Balaban J connectivity index is 1.93. The Morgan fingerprint density at radius 3 is 2.75 bits per heavy atom. The Morgan fingerprint density at radius 1 is 1.25 bits per heavy atom. The minimum atomic E-state index is -0.820. The number of halogens is 2. The lowest BCUT2D eigenvalue weighted by Gasteiger charge is -2.24. The van der Waals surface area contributed by atoms with Crippen LogP contribution in [0.5, 0.6) is 0 Å². The fraction of sp³-hybridized carbons (Fsp3) is 0.625. The first kappa shape index (κ1) is 15.4. The number of nitrogens with two attached hydrogens (primary N) is 1. The molecule has 2 atom stereocenters. The van der Waals surface area contributed by atoms with Crippen molar-refractivity contribution in [1.29, 1.82) is 0 Å². The molecule has 0 bridgehead atoms. The van der Waals surface area contributed by atoms with Crippen LogP contribution in [0.3, 0.4) is 0 Å². The molecule has 0 amide bonds. The maximum atomic E-state index is 13.2. The zero-order chi connectivity index (χ0) is 14.5. The number of benzene rings is 1. The highest BCUT2D eigenvalue weighted by Crippen LogP contribution is 2.22. The molecule has 1 aromatic rings. The first-order valence-corrected chi connectivity index (χ1v) is 7.53. The smallest absolute Gasteiger partial charge is 0.159 e. The predicted molar refractivity (Wildman–Crippen MR) is 77.4 cm³/mol. The number of likely N-dealkylation sites (tertiary alicyclic amines) is 1. The summed E-state index contributed by atoms with van der Waals surface area (Å²) >= 11 is 0.